The van der Waals surface area contributed by atoms with Gasteiger partial charge in [-0.1, -0.05) is 11.6 Å². The molecule has 0 radical (unpaired) electrons. The van der Waals surface area contributed by atoms with Crippen molar-refractivity contribution in [1.29, 1.82) is 0 Å². The predicted octanol–water partition coefficient (Wildman–Crippen LogP) is 3.24. The molecule has 4 rings (SSSR count). The molecule has 1 aliphatic rings. The smallest absolute Gasteiger partial charge is 0.310 e. The number of morpholine rings is 1. The van der Waals surface area contributed by atoms with Gasteiger partial charge in [0, 0.05) is 34.8 Å². The Morgan fingerprint density at radius 1 is 1.06 bits per heavy atom. The molecule has 2 aromatic carbocycles. The Hall–Kier alpha value is -3.36. The summed E-state index contributed by atoms with van der Waals surface area (Å²) >= 11 is 5.97. The number of benzene rings is 2. The lowest BCUT2D eigenvalue weighted by atomic mass is 10.1. The molecule has 0 N–H and O–H groups in total. The van der Waals surface area contributed by atoms with Crippen LogP contribution in [0.4, 0.5) is 0 Å². The molecule has 1 amide bonds. The van der Waals surface area contributed by atoms with Crippen LogP contribution in [0.5, 0.6) is 5.75 Å². The van der Waals surface area contributed by atoms with Gasteiger partial charge in [0.1, 0.15) is 5.75 Å². The van der Waals surface area contributed by atoms with E-state index in [2.05, 4.69) is 0 Å². The minimum absolute atomic E-state index is 0.0905. The highest BCUT2D eigenvalue weighted by atomic mass is 35.5. The standard InChI is InChI=1S/C25H25ClN2O6/c1-16-20(14-24(30)34-15-23(29)27-9-11-33-12-10-27)21-13-19(32-2)7-8-22(21)28(16)25(31)17-3-5-18(26)6-4-17/h3-8,13H,9-12,14-15H2,1-2H3. The first-order valence-electron chi connectivity index (χ1n) is 10.9. The number of fused-ring (bicyclic) bond motifs is 1. The molecular weight excluding hydrogens is 460 g/mol. The zero-order chi connectivity index (χ0) is 24.2. The van der Waals surface area contributed by atoms with Crippen molar-refractivity contribution in [3.8, 4) is 5.75 Å². The van der Waals surface area contributed by atoms with Gasteiger partial charge in [0.15, 0.2) is 6.61 Å². The number of halogens is 1. The Morgan fingerprint density at radius 2 is 1.76 bits per heavy atom. The molecule has 178 valence electrons. The van der Waals surface area contributed by atoms with E-state index in [4.69, 9.17) is 25.8 Å². The number of amides is 1. The van der Waals surface area contributed by atoms with E-state index >= 15 is 0 Å². The van der Waals surface area contributed by atoms with Crippen molar-refractivity contribution in [3.63, 3.8) is 0 Å². The summed E-state index contributed by atoms with van der Waals surface area (Å²) in [6.07, 6.45) is -0.0905. The summed E-state index contributed by atoms with van der Waals surface area (Å²) in [6.45, 7) is 3.36. The number of aromatic nitrogens is 1. The van der Waals surface area contributed by atoms with Crippen LogP contribution in [0, 0.1) is 6.92 Å². The SMILES string of the molecule is COc1ccc2c(c1)c(CC(=O)OCC(=O)N1CCOCC1)c(C)n2C(=O)c1ccc(Cl)cc1. The number of ether oxygens (including phenoxy) is 3. The van der Waals surface area contributed by atoms with Gasteiger partial charge in [0.25, 0.3) is 11.8 Å². The minimum atomic E-state index is -0.550. The van der Waals surface area contributed by atoms with Gasteiger partial charge in [0.2, 0.25) is 0 Å². The molecule has 1 aromatic heterocycles. The monoisotopic (exact) mass is 484 g/mol. The second-order valence-corrected chi connectivity index (χ2v) is 8.36. The summed E-state index contributed by atoms with van der Waals surface area (Å²) in [5.74, 6) is -0.451. The summed E-state index contributed by atoms with van der Waals surface area (Å²) in [7, 11) is 1.55. The number of esters is 1. The molecule has 2 heterocycles. The summed E-state index contributed by atoms with van der Waals surface area (Å²) in [5, 5.41) is 1.24. The van der Waals surface area contributed by atoms with E-state index in [1.807, 2.05) is 0 Å². The van der Waals surface area contributed by atoms with E-state index in [1.165, 1.54) is 0 Å². The number of methoxy groups -OCH3 is 1. The highest BCUT2D eigenvalue weighted by molar-refractivity contribution is 6.30. The number of rotatable bonds is 6. The van der Waals surface area contributed by atoms with Crippen LogP contribution in [0.3, 0.4) is 0 Å². The number of carbonyl (C=O) groups is 3. The molecule has 0 bridgehead atoms. The van der Waals surface area contributed by atoms with E-state index in [-0.39, 0.29) is 24.8 Å². The molecule has 0 spiro atoms. The average Bonchev–Trinajstić information content (AvgIpc) is 3.13. The van der Waals surface area contributed by atoms with E-state index in [1.54, 1.807) is 66.0 Å². The average molecular weight is 485 g/mol. The molecular formula is C25H25ClN2O6. The first kappa shape index (κ1) is 23.8. The Bertz CT molecular complexity index is 1230. The zero-order valence-corrected chi connectivity index (χ0v) is 19.8. The van der Waals surface area contributed by atoms with Gasteiger partial charge in [-0.3, -0.25) is 19.0 Å². The molecule has 0 atom stereocenters. The largest absolute Gasteiger partial charge is 0.497 e. The molecule has 0 unspecified atom stereocenters. The van der Waals surface area contributed by atoms with Crippen LogP contribution >= 0.6 is 11.6 Å². The second-order valence-electron chi connectivity index (χ2n) is 7.93. The molecule has 9 heteroatoms. The zero-order valence-electron chi connectivity index (χ0n) is 19.0. The number of carbonyl (C=O) groups excluding carboxylic acids is 3. The van der Waals surface area contributed by atoms with Gasteiger partial charge in [-0.25, -0.2) is 0 Å². The van der Waals surface area contributed by atoms with Crippen molar-refractivity contribution in [3.05, 3.63) is 64.3 Å². The first-order chi connectivity index (χ1) is 16.4. The molecule has 0 saturated carbocycles. The summed E-state index contributed by atoms with van der Waals surface area (Å²) < 4.78 is 17.4. The summed E-state index contributed by atoms with van der Waals surface area (Å²) in [5.41, 5.74) is 2.36. The third-order valence-corrected chi connectivity index (χ3v) is 6.13. The van der Waals surface area contributed by atoms with E-state index in [9.17, 15) is 14.4 Å². The molecule has 8 nitrogen and oxygen atoms in total. The number of nitrogens with zero attached hydrogens (tertiary/aromatic N) is 2. The first-order valence-corrected chi connectivity index (χ1v) is 11.3. The van der Waals surface area contributed by atoms with Crippen molar-refractivity contribution in [2.24, 2.45) is 0 Å². The number of hydrogen-bond acceptors (Lipinski definition) is 6. The molecule has 0 aliphatic carbocycles. The van der Waals surface area contributed by atoms with Crippen molar-refractivity contribution < 1.29 is 28.6 Å². The van der Waals surface area contributed by atoms with Crippen molar-refractivity contribution in [1.82, 2.24) is 9.47 Å². The Labute approximate surface area is 201 Å². The van der Waals surface area contributed by atoms with Crippen LogP contribution in [0.1, 0.15) is 21.6 Å². The maximum Gasteiger partial charge on any atom is 0.310 e. The fourth-order valence-corrected chi connectivity index (χ4v) is 4.16. The minimum Gasteiger partial charge on any atom is -0.497 e. The normalized spacial score (nSPS) is 13.7. The Morgan fingerprint density at radius 3 is 2.44 bits per heavy atom. The fourth-order valence-electron chi connectivity index (χ4n) is 4.04. The van der Waals surface area contributed by atoms with Gasteiger partial charge in [-0.2, -0.15) is 0 Å². The van der Waals surface area contributed by atoms with Gasteiger partial charge in [0.05, 0.1) is 32.3 Å². The van der Waals surface area contributed by atoms with E-state index < -0.39 is 5.97 Å². The van der Waals surface area contributed by atoms with Gasteiger partial charge in [-0.15, -0.1) is 0 Å². The lowest BCUT2D eigenvalue weighted by molar-refractivity contribution is -0.153. The van der Waals surface area contributed by atoms with Crippen LogP contribution in [-0.4, -0.2) is 67.3 Å². The van der Waals surface area contributed by atoms with Crippen molar-refractivity contribution >= 4 is 40.3 Å². The fraction of sp³-hybridized carbons (Fsp3) is 0.320. The highest BCUT2D eigenvalue weighted by Crippen LogP contribution is 2.31. The van der Waals surface area contributed by atoms with Crippen LogP contribution in [-0.2, 0) is 25.5 Å². The van der Waals surface area contributed by atoms with Crippen molar-refractivity contribution in [2.45, 2.75) is 13.3 Å². The van der Waals surface area contributed by atoms with E-state index in [0.29, 0.717) is 64.8 Å². The lowest BCUT2D eigenvalue weighted by Crippen LogP contribution is -2.42. The molecule has 1 fully saturated rings. The number of hydrogen-bond donors (Lipinski definition) is 0. The topological polar surface area (TPSA) is 87.1 Å². The predicted molar refractivity (Wildman–Crippen MR) is 126 cm³/mol. The molecule has 1 aliphatic heterocycles. The van der Waals surface area contributed by atoms with Crippen LogP contribution < -0.4 is 4.74 Å². The van der Waals surface area contributed by atoms with Crippen LogP contribution in [0.2, 0.25) is 5.02 Å². The third-order valence-electron chi connectivity index (χ3n) is 5.88. The molecule has 34 heavy (non-hydrogen) atoms. The van der Waals surface area contributed by atoms with E-state index in [0.717, 1.165) is 0 Å². The van der Waals surface area contributed by atoms with Gasteiger partial charge >= 0.3 is 5.97 Å². The third kappa shape index (κ3) is 4.93. The molecule has 1 saturated heterocycles. The second kappa shape index (κ2) is 10.3. The molecule has 3 aromatic rings. The van der Waals surface area contributed by atoms with Gasteiger partial charge < -0.3 is 19.1 Å². The van der Waals surface area contributed by atoms with Crippen LogP contribution in [0.15, 0.2) is 42.5 Å². The van der Waals surface area contributed by atoms with Crippen molar-refractivity contribution in [2.75, 3.05) is 40.0 Å². The summed E-state index contributed by atoms with van der Waals surface area (Å²) in [4.78, 5) is 40.0. The summed E-state index contributed by atoms with van der Waals surface area (Å²) in [6, 6.07) is 12.0. The van der Waals surface area contributed by atoms with Gasteiger partial charge in [-0.05, 0) is 55.0 Å². The Balaban J connectivity index is 1.60. The quantitative estimate of drug-likeness (QED) is 0.499. The maximum atomic E-state index is 13.3. The Kier molecular flexibility index (Phi) is 7.19. The highest BCUT2D eigenvalue weighted by Gasteiger charge is 2.24. The lowest BCUT2D eigenvalue weighted by Gasteiger charge is -2.26. The maximum absolute atomic E-state index is 13.3. The van der Waals surface area contributed by atoms with Crippen LogP contribution in [0.25, 0.3) is 10.9 Å².